The quantitative estimate of drug-likeness (QED) is 0.209. The number of benzene rings is 4. The maximum atomic E-state index is 15.6. The minimum atomic E-state index is -3.60. The van der Waals surface area contributed by atoms with Crippen LogP contribution in [-0.4, -0.2) is 17.7 Å². The van der Waals surface area contributed by atoms with Gasteiger partial charge < -0.3 is 10.1 Å². The standard InChI is InChI=1S/C34H38FN2O3P/c1-25(2)31(36-32(38)40-33(3,4)5)34(26-15-9-6-10-16-26,27-21-23-28(35)24-22-27)37-41(39,29-17-11-7-12-18-29)30-19-13-8-14-20-30/h6-25,31H,1-5H3,(H,36,38)(H,37,39)/t31-,34+/m0/s1. The van der Waals surface area contributed by atoms with E-state index in [1.54, 1.807) is 32.9 Å². The molecule has 0 aliphatic heterocycles. The lowest BCUT2D eigenvalue weighted by Crippen LogP contribution is -2.62. The molecule has 5 nitrogen and oxygen atoms in total. The van der Waals surface area contributed by atoms with Crippen LogP contribution < -0.4 is 21.0 Å². The highest BCUT2D eigenvalue weighted by Crippen LogP contribution is 2.48. The highest BCUT2D eigenvalue weighted by Gasteiger charge is 2.49. The average Bonchev–Trinajstić information content (AvgIpc) is 2.95. The zero-order chi connectivity index (χ0) is 29.7. The third-order valence-corrected chi connectivity index (χ3v) is 9.63. The summed E-state index contributed by atoms with van der Waals surface area (Å²) in [6.45, 7) is 9.39. The van der Waals surface area contributed by atoms with Crippen LogP contribution in [0.15, 0.2) is 115 Å². The maximum absolute atomic E-state index is 15.6. The number of nitrogens with one attached hydrogen (secondary N) is 2. The summed E-state index contributed by atoms with van der Waals surface area (Å²) in [4.78, 5) is 13.4. The molecule has 4 rings (SSSR count). The maximum Gasteiger partial charge on any atom is 0.407 e. The van der Waals surface area contributed by atoms with Crippen molar-refractivity contribution in [3.05, 3.63) is 132 Å². The molecule has 1 amide bonds. The van der Waals surface area contributed by atoms with Crippen LogP contribution in [0.25, 0.3) is 0 Å². The summed E-state index contributed by atoms with van der Waals surface area (Å²) in [6.07, 6.45) is -0.602. The summed E-state index contributed by atoms with van der Waals surface area (Å²) in [5, 5.41) is 7.96. The Balaban J connectivity index is 2.05. The van der Waals surface area contributed by atoms with Crippen LogP contribution in [0, 0.1) is 11.7 Å². The highest BCUT2D eigenvalue weighted by molar-refractivity contribution is 7.77. The molecule has 7 heteroatoms. The first-order valence-electron chi connectivity index (χ1n) is 13.8. The lowest BCUT2D eigenvalue weighted by Gasteiger charge is -2.47. The van der Waals surface area contributed by atoms with Crippen molar-refractivity contribution < 1.29 is 18.5 Å². The van der Waals surface area contributed by atoms with Crippen molar-refractivity contribution in [3.8, 4) is 0 Å². The topological polar surface area (TPSA) is 67.4 Å². The summed E-state index contributed by atoms with van der Waals surface area (Å²) < 4.78 is 35.6. The molecule has 0 bridgehead atoms. The van der Waals surface area contributed by atoms with Gasteiger partial charge in [-0.3, -0.25) is 4.57 Å². The molecule has 0 unspecified atom stereocenters. The minimum Gasteiger partial charge on any atom is -0.444 e. The SMILES string of the molecule is CC(C)[C@H](NC(=O)OC(C)(C)C)[C@@](NP(=O)(c1ccccc1)c1ccccc1)(c1ccccc1)c1ccc(F)cc1. The second-order valence-corrected chi connectivity index (χ2v) is 13.9. The fourth-order valence-electron chi connectivity index (χ4n) is 5.15. The monoisotopic (exact) mass is 572 g/mol. The first kappa shape index (κ1) is 30.2. The Kier molecular flexibility index (Phi) is 9.16. The van der Waals surface area contributed by atoms with E-state index < -0.39 is 36.4 Å². The van der Waals surface area contributed by atoms with Crippen LogP contribution >= 0.6 is 7.29 Å². The molecule has 41 heavy (non-hydrogen) atoms. The number of ether oxygens (including phenoxy) is 1. The molecule has 0 heterocycles. The Morgan fingerprint density at radius 2 is 1.17 bits per heavy atom. The van der Waals surface area contributed by atoms with Crippen molar-refractivity contribution in [1.29, 1.82) is 0 Å². The van der Waals surface area contributed by atoms with Gasteiger partial charge in [-0.1, -0.05) is 92.7 Å². The molecule has 0 radical (unpaired) electrons. The summed E-state index contributed by atoms with van der Waals surface area (Å²) in [5.41, 5.74) is -0.602. The lowest BCUT2D eigenvalue weighted by molar-refractivity contribution is 0.0457. The van der Waals surface area contributed by atoms with Crippen molar-refractivity contribution in [2.24, 2.45) is 5.92 Å². The van der Waals surface area contributed by atoms with Crippen molar-refractivity contribution in [2.45, 2.75) is 51.8 Å². The lowest BCUT2D eigenvalue weighted by atomic mass is 9.73. The van der Waals surface area contributed by atoms with E-state index in [9.17, 15) is 9.18 Å². The third-order valence-electron chi connectivity index (χ3n) is 6.91. The Hall–Kier alpha value is -3.73. The molecule has 2 atom stereocenters. The van der Waals surface area contributed by atoms with Gasteiger partial charge in [0, 0.05) is 10.6 Å². The van der Waals surface area contributed by atoms with Gasteiger partial charge >= 0.3 is 6.09 Å². The first-order valence-corrected chi connectivity index (χ1v) is 15.5. The summed E-state index contributed by atoms with van der Waals surface area (Å²) in [5.74, 6) is -0.577. The van der Waals surface area contributed by atoms with Crippen LogP contribution in [0.5, 0.6) is 0 Å². The Morgan fingerprint density at radius 1 is 0.732 bits per heavy atom. The molecule has 0 saturated heterocycles. The van der Waals surface area contributed by atoms with E-state index in [0.29, 0.717) is 16.2 Å². The number of rotatable bonds is 9. The number of hydrogen-bond donors (Lipinski definition) is 2. The van der Waals surface area contributed by atoms with Crippen molar-refractivity contribution in [3.63, 3.8) is 0 Å². The van der Waals surface area contributed by atoms with Crippen LogP contribution in [0.2, 0.25) is 0 Å². The number of halogens is 1. The van der Waals surface area contributed by atoms with Crippen LogP contribution in [0.1, 0.15) is 45.7 Å². The molecule has 2 N–H and O–H groups in total. The molecular formula is C34H38FN2O3P. The van der Waals surface area contributed by atoms with Crippen LogP contribution in [0.4, 0.5) is 9.18 Å². The molecule has 4 aromatic rings. The van der Waals surface area contributed by atoms with Crippen molar-refractivity contribution in [1.82, 2.24) is 10.4 Å². The molecule has 4 aromatic carbocycles. The molecule has 0 aliphatic carbocycles. The normalized spacial score (nSPS) is 14.2. The van der Waals surface area contributed by atoms with E-state index in [2.05, 4.69) is 10.4 Å². The van der Waals surface area contributed by atoms with Gasteiger partial charge in [-0.05, 0) is 74.2 Å². The predicted molar refractivity (Wildman–Crippen MR) is 165 cm³/mol. The number of amides is 1. The van der Waals surface area contributed by atoms with Crippen LogP contribution in [0.3, 0.4) is 0 Å². The minimum absolute atomic E-state index is 0.180. The highest BCUT2D eigenvalue weighted by atomic mass is 31.2. The zero-order valence-electron chi connectivity index (χ0n) is 24.2. The Morgan fingerprint density at radius 3 is 1.61 bits per heavy atom. The van der Waals surface area contributed by atoms with Gasteiger partial charge in [-0.2, -0.15) is 0 Å². The number of hydrogen-bond acceptors (Lipinski definition) is 3. The zero-order valence-corrected chi connectivity index (χ0v) is 25.1. The van der Waals surface area contributed by atoms with Crippen LogP contribution in [-0.2, 0) is 14.8 Å². The van der Waals surface area contributed by atoms with E-state index in [1.807, 2.05) is 105 Å². The smallest absolute Gasteiger partial charge is 0.407 e. The van der Waals surface area contributed by atoms with E-state index >= 15 is 4.57 Å². The average molecular weight is 573 g/mol. The summed E-state index contributed by atoms with van der Waals surface area (Å²) in [7, 11) is -3.60. The summed E-state index contributed by atoms with van der Waals surface area (Å²) in [6, 6.07) is 33.6. The first-order chi connectivity index (χ1) is 19.5. The van der Waals surface area contributed by atoms with E-state index in [-0.39, 0.29) is 5.92 Å². The van der Waals surface area contributed by atoms with Crippen molar-refractivity contribution >= 4 is 24.0 Å². The van der Waals surface area contributed by atoms with Gasteiger partial charge in [0.2, 0.25) is 7.29 Å². The second kappa shape index (κ2) is 12.4. The van der Waals surface area contributed by atoms with E-state index in [1.165, 1.54) is 12.1 Å². The Bertz CT molecular complexity index is 1430. The molecule has 0 aromatic heterocycles. The van der Waals surface area contributed by atoms with E-state index in [4.69, 9.17) is 4.74 Å². The molecule has 214 valence electrons. The third kappa shape index (κ3) is 6.78. The van der Waals surface area contributed by atoms with Gasteiger partial charge in [0.05, 0.1) is 11.6 Å². The van der Waals surface area contributed by atoms with Gasteiger partial charge in [0.1, 0.15) is 11.4 Å². The van der Waals surface area contributed by atoms with Crippen molar-refractivity contribution in [2.75, 3.05) is 0 Å². The van der Waals surface area contributed by atoms with Gasteiger partial charge in [0.15, 0.2) is 0 Å². The molecular weight excluding hydrogens is 534 g/mol. The van der Waals surface area contributed by atoms with Gasteiger partial charge in [0.25, 0.3) is 0 Å². The van der Waals surface area contributed by atoms with Gasteiger partial charge in [-0.25, -0.2) is 14.3 Å². The Labute approximate surface area is 242 Å². The molecule has 0 spiro atoms. The molecule has 0 aliphatic rings. The van der Waals surface area contributed by atoms with Gasteiger partial charge in [-0.15, -0.1) is 0 Å². The fraction of sp³-hybridized carbons (Fsp3) is 0.265. The number of carbonyl (C=O) groups is 1. The molecule has 0 saturated carbocycles. The largest absolute Gasteiger partial charge is 0.444 e. The summed E-state index contributed by atoms with van der Waals surface area (Å²) >= 11 is 0. The number of carbonyl (C=O) groups excluding carboxylic acids is 1. The predicted octanol–water partition coefficient (Wildman–Crippen LogP) is 7.14. The second-order valence-electron chi connectivity index (χ2n) is 11.4. The van der Waals surface area contributed by atoms with E-state index in [0.717, 1.165) is 5.56 Å². The molecule has 0 fully saturated rings. The number of alkyl carbamates (subject to hydrolysis) is 1. The fourth-order valence-corrected chi connectivity index (χ4v) is 7.78.